The Morgan fingerprint density at radius 3 is 2.63 bits per heavy atom. The molecule has 0 radical (unpaired) electrons. The Kier molecular flexibility index (Phi) is 8.27. The summed E-state index contributed by atoms with van der Waals surface area (Å²) in [6.07, 6.45) is 2.87. The van der Waals surface area contributed by atoms with Crippen LogP contribution in [-0.2, 0) is 11.2 Å². The van der Waals surface area contributed by atoms with Crippen LogP contribution in [0.5, 0.6) is 0 Å². The van der Waals surface area contributed by atoms with E-state index >= 15 is 0 Å². The molecule has 0 atom stereocenters. The van der Waals surface area contributed by atoms with Gasteiger partial charge >= 0.3 is 0 Å². The van der Waals surface area contributed by atoms with E-state index in [2.05, 4.69) is 23.1 Å². The van der Waals surface area contributed by atoms with Crippen molar-refractivity contribution in [3.05, 3.63) is 70.2 Å². The second-order valence-corrected chi connectivity index (χ2v) is 8.07. The van der Waals surface area contributed by atoms with Crippen LogP contribution < -0.4 is 0 Å². The standard InChI is InChI=1S/C24H28ClN3O2/c1-30-16-15-28(24(29)21-4-2-3-20(17-21)18-26)23-10-13-27(14-11-23)12-9-19-5-7-22(25)8-6-19/h2-8,17,23H,9-16H2,1H3. The molecule has 5 nitrogen and oxygen atoms in total. The van der Waals surface area contributed by atoms with E-state index < -0.39 is 0 Å². The maximum atomic E-state index is 13.2. The number of hydrogen-bond donors (Lipinski definition) is 0. The summed E-state index contributed by atoms with van der Waals surface area (Å²) in [6.45, 7) is 3.99. The Bertz CT molecular complexity index is 871. The van der Waals surface area contributed by atoms with Crippen LogP contribution in [0.15, 0.2) is 48.5 Å². The van der Waals surface area contributed by atoms with Gasteiger partial charge in [0.1, 0.15) is 0 Å². The van der Waals surface area contributed by atoms with E-state index in [1.54, 1.807) is 31.4 Å². The third-order valence-electron chi connectivity index (χ3n) is 5.66. The molecule has 0 aliphatic carbocycles. The van der Waals surface area contributed by atoms with Gasteiger partial charge in [0.05, 0.1) is 18.2 Å². The van der Waals surface area contributed by atoms with Crippen LogP contribution in [0.4, 0.5) is 0 Å². The fraction of sp³-hybridized carbons (Fsp3) is 0.417. The number of methoxy groups -OCH3 is 1. The number of carbonyl (C=O) groups excluding carboxylic acids is 1. The molecule has 1 heterocycles. The van der Waals surface area contributed by atoms with E-state index in [9.17, 15) is 4.79 Å². The third kappa shape index (κ3) is 6.06. The summed E-state index contributed by atoms with van der Waals surface area (Å²) < 4.78 is 5.25. The van der Waals surface area contributed by atoms with Crippen molar-refractivity contribution in [1.82, 2.24) is 9.80 Å². The minimum absolute atomic E-state index is 0.0243. The number of halogens is 1. The molecule has 1 aliphatic heterocycles. The monoisotopic (exact) mass is 425 g/mol. The number of carbonyl (C=O) groups is 1. The van der Waals surface area contributed by atoms with Crippen LogP contribution in [0.25, 0.3) is 0 Å². The van der Waals surface area contributed by atoms with E-state index in [1.165, 1.54) is 5.56 Å². The fourth-order valence-electron chi connectivity index (χ4n) is 3.92. The summed E-state index contributed by atoms with van der Waals surface area (Å²) in [7, 11) is 1.65. The number of piperidine rings is 1. The first kappa shape index (κ1) is 22.3. The average Bonchev–Trinajstić information content (AvgIpc) is 2.79. The number of nitriles is 1. The van der Waals surface area contributed by atoms with Crippen LogP contribution in [0, 0.1) is 11.3 Å². The number of nitrogens with zero attached hydrogens (tertiary/aromatic N) is 3. The summed E-state index contributed by atoms with van der Waals surface area (Å²) in [6, 6.07) is 17.3. The van der Waals surface area contributed by atoms with Crippen molar-refractivity contribution in [2.24, 2.45) is 0 Å². The van der Waals surface area contributed by atoms with Crippen LogP contribution in [0.3, 0.4) is 0 Å². The molecule has 2 aromatic carbocycles. The second kappa shape index (κ2) is 11.1. The molecule has 6 heteroatoms. The molecule has 0 N–H and O–H groups in total. The van der Waals surface area contributed by atoms with Crippen molar-refractivity contribution in [1.29, 1.82) is 5.26 Å². The molecule has 0 spiro atoms. The molecule has 158 valence electrons. The minimum atomic E-state index is -0.0243. The zero-order valence-electron chi connectivity index (χ0n) is 17.4. The molecule has 0 saturated carbocycles. The Morgan fingerprint density at radius 2 is 1.97 bits per heavy atom. The topological polar surface area (TPSA) is 56.6 Å². The highest BCUT2D eigenvalue weighted by atomic mass is 35.5. The molecule has 1 amide bonds. The van der Waals surface area contributed by atoms with Crippen molar-refractivity contribution >= 4 is 17.5 Å². The van der Waals surface area contributed by atoms with Crippen LogP contribution in [-0.4, -0.2) is 61.6 Å². The normalized spacial score (nSPS) is 15.0. The van der Waals surface area contributed by atoms with Gasteiger partial charge in [-0.25, -0.2) is 0 Å². The number of likely N-dealkylation sites (tertiary alicyclic amines) is 1. The first-order chi connectivity index (χ1) is 14.6. The Hall–Kier alpha value is -2.39. The summed E-state index contributed by atoms with van der Waals surface area (Å²) >= 11 is 5.96. The third-order valence-corrected chi connectivity index (χ3v) is 5.92. The smallest absolute Gasteiger partial charge is 0.254 e. The number of rotatable bonds is 8. The Balaban J connectivity index is 1.58. The van der Waals surface area contributed by atoms with Crippen molar-refractivity contribution < 1.29 is 9.53 Å². The van der Waals surface area contributed by atoms with Gasteiger partial charge in [-0.2, -0.15) is 5.26 Å². The molecule has 0 aromatic heterocycles. The number of amides is 1. The zero-order chi connectivity index (χ0) is 21.3. The first-order valence-corrected chi connectivity index (χ1v) is 10.8. The van der Waals surface area contributed by atoms with Gasteiger partial charge in [0, 0.05) is 49.9 Å². The first-order valence-electron chi connectivity index (χ1n) is 10.4. The molecule has 1 saturated heterocycles. The largest absolute Gasteiger partial charge is 0.383 e. The van der Waals surface area contributed by atoms with Gasteiger partial charge in [-0.1, -0.05) is 29.8 Å². The van der Waals surface area contributed by atoms with Gasteiger partial charge in [-0.3, -0.25) is 4.79 Å². The highest BCUT2D eigenvalue weighted by molar-refractivity contribution is 6.30. The molecular formula is C24H28ClN3O2. The van der Waals surface area contributed by atoms with E-state index in [0.717, 1.165) is 43.9 Å². The van der Waals surface area contributed by atoms with Gasteiger partial charge in [0.15, 0.2) is 0 Å². The number of hydrogen-bond acceptors (Lipinski definition) is 4. The van der Waals surface area contributed by atoms with Crippen LogP contribution in [0.2, 0.25) is 5.02 Å². The van der Waals surface area contributed by atoms with E-state index in [0.29, 0.717) is 24.3 Å². The predicted molar refractivity (Wildman–Crippen MR) is 119 cm³/mol. The molecule has 30 heavy (non-hydrogen) atoms. The lowest BCUT2D eigenvalue weighted by atomic mass is 10.0. The highest BCUT2D eigenvalue weighted by Gasteiger charge is 2.28. The van der Waals surface area contributed by atoms with Gasteiger partial charge in [-0.15, -0.1) is 0 Å². The van der Waals surface area contributed by atoms with E-state index in [4.69, 9.17) is 21.6 Å². The van der Waals surface area contributed by atoms with E-state index in [-0.39, 0.29) is 11.9 Å². The van der Waals surface area contributed by atoms with Crippen molar-refractivity contribution in [3.63, 3.8) is 0 Å². The molecule has 0 bridgehead atoms. The van der Waals surface area contributed by atoms with Crippen LogP contribution in [0.1, 0.15) is 34.3 Å². The number of benzene rings is 2. The van der Waals surface area contributed by atoms with Gasteiger partial charge < -0.3 is 14.5 Å². The molecule has 0 unspecified atom stereocenters. The van der Waals surface area contributed by atoms with Crippen molar-refractivity contribution in [2.45, 2.75) is 25.3 Å². The summed E-state index contributed by atoms with van der Waals surface area (Å²) in [5, 5.41) is 9.91. The lowest BCUT2D eigenvalue weighted by Crippen LogP contribution is -2.48. The van der Waals surface area contributed by atoms with Crippen LogP contribution >= 0.6 is 11.6 Å². The molecular weight excluding hydrogens is 398 g/mol. The maximum Gasteiger partial charge on any atom is 0.254 e. The fourth-order valence-corrected chi connectivity index (χ4v) is 4.05. The molecule has 1 fully saturated rings. The Morgan fingerprint density at radius 1 is 1.23 bits per heavy atom. The highest BCUT2D eigenvalue weighted by Crippen LogP contribution is 2.20. The van der Waals surface area contributed by atoms with E-state index in [1.807, 2.05) is 17.0 Å². The number of ether oxygens (including phenoxy) is 1. The van der Waals surface area contributed by atoms with Gasteiger partial charge in [0.2, 0.25) is 0 Å². The summed E-state index contributed by atoms with van der Waals surface area (Å²) in [4.78, 5) is 17.6. The average molecular weight is 426 g/mol. The predicted octanol–water partition coefficient (Wildman–Crippen LogP) is 4.01. The SMILES string of the molecule is COCCN(C(=O)c1cccc(C#N)c1)C1CCN(CCc2ccc(Cl)cc2)CC1. The summed E-state index contributed by atoms with van der Waals surface area (Å²) in [5.41, 5.74) is 2.36. The van der Waals surface area contributed by atoms with Crippen molar-refractivity contribution in [2.75, 3.05) is 39.9 Å². The molecule has 3 rings (SSSR count). The lowest BCUT2D eigenvalue weighted by molar-refractivity contribution is 0.0486. The molecule has 1 aliphatic rings. The second-order valence-electron chi connectivity index (χ2n) is 7.63. The summed E-state index contributed by atoms with van der Waals surface area (Å²) in [5.74, 6) is -0.0243. The molecule has 2 aromatic rings. The van der Waals surface area contributed by atoms with Gasteiger partial charge in [0.25, 0.3) is 5.91 Å². The quantitative estimate of drug-likeness (QED) is 0.641. The maximum absolute atomic E-state index is 13.2. The lowest BCUT2D eigenvalue weighted by Gasteiger charge is -2.38. The zero-order valence-corrected chi connectivity index (χ0v) is 18.1. The minimum Gasteiger partial charge on any atom is -0.383 e. The van der Waals surface area contributed by atoms with Gasteiger partial charge in [-0.05, 0) is 55.2 Å². The van der Waals surface area contributed by atoms with Crippen molar-refractivity contribution in [3.8, 4) is 6.07 Å². The Labute approximate surface area is 183 Å².